The molecule has 0 radical (unpaired) electrons. The zero-order valence-corrected chi connectivity index (χ0v) is 8.82. The Balaban J connectivity index is 2.43. The highest BCUT2D eigenvalue weighted by molar-refractivity contribution is 5.59. The van der Waals surface area contributed by atoms with Crippen molar-refractivity contribution in [2.75, 3.05) is 0 Å². The van der Waals surface area contributed by atoms with Gasteiger partial charge in [0.25, 0.3) is 0 Å². The number of pyridine rings is 1. The Morgan fingerprint density at radius 2 is 1.76 bits per heavy atom. The van der Waals surface area contributed by atoms with Gasteiger partial charge in [-0.1, -0.05) is 0 Å². The number of hydrogen-bond acceptors (Lipinski definition) is 2. The molecule has 1 heterocycles. The molecule has 0 saturated heterocycles. The van der Waals surface area contributed by atoms with E-state index in [2.05, 4.69) is 4.98 Å². The largest absolute Gasteiger partial charge is 0.249 e. The van der Waals surface area contributed by atoms with Crippen molar-refractivity contribution >= 4 is 0 Å². The van der Waals surface area contributed by atoms with Gasteiger partial charge < -0.3 is 0 Å². The molecule has 0 saturated carbocycles. The average molecular weight is 230 g/mol. The van der Waals surface area contributed by atoms with Crippen LogP contribution in [0.5, 0.6) is 0 Å². The van der Waals surface area contributed by atoms with Crippen LogP contribution in [0.25, 0.3) is 11.3 Å². The number of hydrogen-bond donors (Lipinski definition) is 0. The molecule has 0 amide bonds. The van der Waals surface area contributed by atoms with E-state index in [0.29, 0.717) is 11.3 Å². The predicted molar refractivity (Wildman–Crippen MR) is 58.9 cm³/mol. The Labute approximate surface area is 97.2 Å². The summed E-state index contributed by atoms with van der Waals surface area (Å²) in [6.07, 6.45) is -0.0825. The summed E-state index contributed by atoms with van der Waals surface area (Å²) in [6, 6.07) is 10.4. The number of rotatable bonds is 2. The van der Waals surface area contributed by atoms with Gasteiger partial charge in [-0.3, -0.25) is 0 Å². The molecular formula is C13H8F2N2. The van der Waals surface area contributed by atoms with Gasteiger partial charge in [0.05, 0.1) is 23.9 Å². The number of nitriles is 1. The maximum absolute atomic E-state index is 13.3. The summed E-state index contributed by atoms with van der Waals surface area (Å²) in [5.41, 5.74) is 1.32. The summed E-state index contributed by atoms with van der Waals surface area (Å²) in [6.45, 7) is 0. The smallest absolute Gasteiger partial charge is 0.145 e. The molecule has 0 spiro atoms. The summed E-state index contributed by atoms with van der Waals surface area (Å²) in [5.74, 6) is -0.842. The highest BCUT2D eigenvalue weighted by Gasteiger charge is 2.06. The lowest BCUT2D eigenvalue weighted by atomic mass is 10.1. The van der Waals surface area contributed by atoms with Gasteiger partial charge in [-0.2, -0.15) is 5.26 Å². The van der Waals surface area contributed by atoms with Gasteiger partial charge in [-0.15, -0.1) is 0 Å². The fourth-order valence-electron chi connectivity index (χ4n) is 1.46. The van der Waals surface area contributed by atoms with E-state index < -0.39 is 5.82 Å². The Kier molecular flexibility index (Phi) is 3.10. The highest BCUT2D eigenvalue weighted by Crippen LogP contribution is 2.19. The number of benzene rings is 1. The first-order chi connectivity index (χ1) is 8.20. The average Bonchev–Trinajstić information content (AvgIpc) is 2.33. The number of aromatic nitrogens is 1. The molecule has 0 bridgehead atoms. The highest BCUT2D eigenvalue weighted by atomic mass is 19.1. The quantitative estimate of drug-likeness (QED) is 0.794. The lowest BCUT2D eigenvalue weighted by molar-refractivity contribution is 0.606. The molecule has 0 aliphatic heterocycles. The summed E-state index contributed by atoms with van der Waals surface area (Å²) >= 11 is 0. The van der Waals surface area contributed by atoms with E-state index in [-0.39, 0.29) is 17.9 Å². The van der Waals surface area contributed by atoms with Crippen molar-refractivity contribution in [3.05, 3.63) is 53.7 Å². The number of nitrogens with zero attached hydrogens (tertiary/aromatic N) is 2. The van der Waals surface area contributed by atoms with Crippen LogP contribution in [0.3, 0.4) is 0 Å². The van der Waals surface area contributed by atoms with E-state index in [9.17, 15) is 8.78 Å². The van der Waals surface area contributed by atoms with Crippen LogP contribution >= 0.6 is 0 Å². The van der Waals surface area contributed by atoms with E-state index in [1.165, 1.54) is 24.3 Å². The van der Waals surface area contributed by atoms with Crippen LogP contribution in [0.2, 0.25) is 0 Å². The Bertz CT molecular complexity index is 571. The maximum Gasteiger partial charge on any atom is 0.145 e. The van der Waals surface area contributed by atoms with Crippen LogP contribution < -0.4 is 0 Å². The molecule has 1 aromatic heterocycles. The normalized spacial score (nSPS) is 9.94. The van der Waals surface area contributed by atoms with Crippen molar-refractivity contribution in [2.24, 2.45) is 0 Å². The summed E-state index contributed by atoms with van der Waals surface area (Å²) in [7, 11) is 0. The molecule has 0 atom stereocenters. The molecule has 1 aromatic carbocycles. The van der Waals surface area contributed by atoms with E-state index in [1.54, 1.807) is 12.1 Å². The summed E-state index contributed by atoms with van der Waals surface area (Å²) < 4.78 is 26.0. The van der Waals surface area contributed by atoms with Crippen molar-refractivity contribution in [1.82, 2.24) is 4.98 Å². The molecule has 4 heteroatoms. The number of halogens is 2. The minimum absolute atomic E-state index is 0.0825. The first kappa shape index (κ1) is 11.2. The van der Waals surface area contributed by atoms with Gasteiger partial charge in [-0.05, 0) is 36.4 Å². The van der Waals surface area contributed by atoms with Gasteiger partial charge in [-0.25, -0.2) is 13.8 Å². The topological polar surface area (TPSA) is 36.7 Å². The van der Waals surface area contributed by atoms with Gasteiger partial charge in [0, 0.05) is 5.56 Å². The van der Waals surface area contributed by atoms with E-state index in [0.717, 1.165) is 0 Å². The minimum atomic E-state index is -0.502. The maximum atomic E-state index is 13.3. The molecule has 84 valence electrons. The molecule has 2 nitrogen and oxygen atoms in total. The first-order valence-corrected chi connectivity index (χ1v) is 4.99. The van der Waals surface area contributed by atoms with Crippen LogP contribution in [0.15, 0.2) is 36.4 Å². The van der Waals surface area contributed by atoms with Crippen LogP contribution in [0, 0.1) is 23.0 Å². The third-order valence-electron chi connectivity index (χ3n) is 2.31. The molecule has 0 aliphatic carbocycles. The molecule has 0 unspecified atom stereocenters. The fourth-order valence-corrected chi connectivity index (χ4v) is 1.46. The van der Waals surface area contributed by atoms with E-state index >= 15 is 0 Å². The van der Waals surface area contributed by atoms with Gasteiger partial charge >= 0.3 is 0 Å². The predicted octanol–water partition coefficient (Wildman–Crippen LogP) is 3.09. The lowest BCUT2D eigenvalue weighted by Crippen LogP contribution is -1.95. The molecule has 0 fully saturated rings. The van der Waals surface area contributed by atoms with Crippen LogP contribution in [0.1, 0.15) is 5.69 Å². The molecule has 0 N–H and O–H groups in total. The second kappa shape index (κ2) is 4.71. The summed E-state index contributed by atoms with van der Waals surface area (Å²) in [4.78, 5) is 4.04. The Morgan fingerprint density at radius 3 is 2.41 bits per heavy atom. The lowest BCUT2D eigenvalue weighted by Gasteiger charge is -2.03. The van der Waals surface area contributed by atoms with E-state index in [1.807, 2.05) is 6.07 Å². The third-order valence-corrected chi connectivity index (χ3v) is 2.31. The fraction of sp³-hybridized carbons (Fsp3) is 0.0769. The minimum Gasteiger partial charge on any atom is -0.249 e. The van der Waals surface area contributed by atoms with Gasteiger partial charge in [0.2, 0.25) is 0 Å². The molecule has 0 aliphatic rings. The van der Waals surface area contributed by atoms with Gasteiger partial charge in [0.15, 0.2) is 0 Å². The third kappa shape index (κ3) is 2.45. The van der Waals surface area contributed by atoms with Crippen molar-refractivity contribution in [3.63, 3.8) is 0 Å². The van der Waals surface area contributed by atoms with Crippen molar-refractivity contribution in [2.45, 2.75) is 6.42 Å². The molecular weight excluding hydrogens is 222 g/mol. The zero-order chi connectivity index (χ0) is 12.3. The van der Waals surface area contributed by atoms with Crippen molar-refractivity contribution in [3.8, 4) is 17.3 Å². The van der Waals surface area contributed by atoms with E-state index in [4.69, 9.17) is 5.26 Å². The Hall–Kier alpha value is -2.28. The Morgan fingerprint density at radius 1 is 1.06 bits per heavy atom. The first-order valence-electron chi connectivity index (χ1n) is 4.99. The van der Waals surface area contributed by atoms with Crippen molar-refractivity contribution < 1.29 is 8.78 Å². The van der Waals surface area contributed by atoms with Crippen molar-refractivity contribution in [1.29, 1.82) is 5.26 Å². The SMILES string of the molecule is N#CCc1nc(-c2ccc(F)cc2)ccc1F. The monoisotopic (exact) mass is 230 g/mol. The second-order valence-corrected chi connectivity index (χ2v) is 3.47. The van der Waals surface area contributed by atoms with Crippen LogP contribution in [0.4, 0.5) is 8.78 Å². The second-order valence-electron chi connectivity index (χ2n) is 3.47. The standard InChI is InChI=1S/C13H8F2N2/c14-10-3-1-9(2-4-10)12-6-5-11(15)13(17-12)7-8-16/h1-6H,7H2. The van der Waals surface area contributed by atoms with Crippen LogP contribution in [-0.2, 0) is 6.42 Å². The van der Waals surface area contributed by atoms with Gasteiger partial charge in [0.1, 0.15) is 11.6 Å². The molecule has 2 rings (SSSR count). The molecule has 2 aromatic rings. The zero-order valence-electron chi connectivity index (χ0n) is 8.82. The summed E-state index contributed by atoms with van der Waals surface area (Å²) in [5, 5.41) is 8.54. The molecule has 17 heavy (non-hydrogen) atoms. The van der Waals surface area contributed by atoms with Crippen LogP contribution in [-0.4, -0.2) is 4.98 Å².